The Morgan fingerprint density at radius 1 is 1.39 bits per heavy atom. The van der Waals surface area contributed by atoms with Crippen molar-refractivity contribution in [3.8, 4) is 0 Å². The van der Waals surface area contributed by atoms with E-state index in [0.29, 0.717) is 26.2 Å². The van der Waals surface area contributed by atoms with Gasteiger partial charge in [-0.3, -0.25) is 4.90 Å². The van der Waals surface area contributed by atoms with Crippen LogP contribution in [-0.4, -0.2) is 72.3 Å². The molecular weight excluding hydrogens is 256 g/mol. The number of rotatable bonds is 6. The largest absolute Gasteiger partial charge is 0.449 e. The highest BCUT2D eigenvalue weighted by molar-refractivity contribution is 6.18. The van der Waals surface area contributed by atoms with Crippen molar-refractivity contribution in [3.05, 3.63) is 0 Å². The predicted octanol–water partition coefficient (Wildman–Crippen LogP) is 1.14. The third-order valence-electron chi connectivity index (χ3n) is 3.00. The van der Waals surface area contributed by atoms with E-state index in [1.54, 1.807) is 4.90 Å². The maximum absolute atomic E-state index is 11.7. The molecule has 0 unspecified atom stereocenters. The standard InChI is InChI=1S/C12H23ClN2O3/c1-2-3-8-18-12(17)15-6-4-14(5-7-15)10-11(16)9-13/h11,16H,2-10H2,1H3/t11-/m0/s1. The second-order valence-corrected chi connectivity index (χ2v) is 4.87. The average molecular weight is 279 g/mol. The van der Waals surface area contributed by atoms with Crippen LogP contribution in [0.4, 0.5) is 4.79 Å². The van der Waals surface area contributed by atoms with Crippen molar-refractivity contribution in [2.75, 3.05) is 45.2 Å². The van der Waals surface area contributed by atoms with Gasteiger partial charge in [0.1, 0.15) is 0 Å². The Balaban J connectivity index is 2.20. The minimum Gasteiger partial charge on any atom is -0.449 e. The summed E-state index contributed by atoms with van der Waals surface area (Å²) in [6.45, 7) is 5.96. The van der Waals surface area contributed by atoms with Gasteiger partial charge in [-0.25, -0.2) is 4.79 Å². The Hall–Kier alpha value is -0.520. The summed E-state index contributed by atoms with van der Waals surface area (Å²) in [7, 11) is 0. The lowest BCUT2D eigenvalue weighted by molar-refractivity contribution is 0.0603. The summed E-state index contributed by atoms with van der Waals surface area (Å²) in [4.78, 5) is 15.5. The second kappa shape index (κ2) is 8.56. The molecule has 1 saturated heterocycles. The van der Waals surface area contributed by atoms with Crippen LogP contribution < -0.4 is 0 Å². The van der Waals surface area contributed by atoms with Crippen molar-refractivity contribution < 1.29 is 14.6 Å². The Labute approximate surface area is 114 Å². The molecule has 1 rings (SSSR count). The molecule has 106 valence electrons. The molecule has 18 heavy (non-hydrogen) atoms. The molecule has 1 aliphatic heterocycles. The molecule has 0 aromatic rings. The molecule has 0 aromatic carbocycles. The van der Waals surface area contributed by atoms with Crippen molar-refractivity contribution in [1.29, 1.82) is 0 Å². The predicted molar refractivity (Wildman–Crippen MR) is 71.0 cm³/mol. The van der Waals surface area contributed by atoms with Crippen LogP contribution in [0.1, 0.15) is 19.8 Å². The summed E-state index contributed by atoms with van der Waals surface area (Å²) in [6.07, 6.45) is 1.22. The van der Waals surface area contributed by atoms with Crippen molar-refractivity contribution in [3.63, 3.8) is 0 Å². The molecule has 1 amide bonds. The lowest BCUT2D eigenvalue weighted by atomic mass is 10.3. The van der Waals surface area contributed by atoms with Crippen LogP contribution in [0.25, 0.3) is 0 Å². The van der Waals surface area contributed by atoms with Gasteiger partial charge in [0.05, 0.1) is 12.7 Å². The number of hydrogen-bond acceptors (Lipinski definition) is 4. The van der Waals surface area contributed by atoms with Gasteiger partial charge in [-0.05, 0) is 6.42 Å². The van der Waals surface area contributed by atoms with Crippen LogP contribution in [0.5, 0.6) is 0 Å². The number of unbranched alkanes of at least 4 members (excludes halogenated alkanes) is 1. The number of nitrogens with zero attached hydrogens (tertiary/aromatic N) is 2. The van der Waals surface area contributed by atoms with Crippen LogP contribution in [0, 0.1) is 0 Å². The quantitative estimate of drug-likeness (QED) is 0.585. The summed E-state index contributed by atoms with van der Waals surface area (Å²) in [6, 6.07) is 0. The third-order valence-corrected chi connectivity index (χ3v) is 3.36. The van der Waals surface area contributed by atoms with Gasteiger partial charge < -0.3 is 14.7 Å². The fourth-order valence-corrected chi connectivity index (χ4v) is 1.95. The molecule has 0 spiro atoms. The smallest absolute Gasteiger partial charge is 0.409 e. The van der Waals surface area contributed by atoms with Gasteiger partial charge in [0.25, 0.3) is 0 Å². The molecule has 0 aromatic heterocycles. The van der Waals surface area contributed by atoms with Crippen LogP contribution in [0.3, 0.4) is 0 Å². The minimum atomic E-state index is -0.491. The number of carbonyl (C=O) groups is 1. The first-order valence-electron chi connectivity index (χ1n) is 6.55. The zero-order valence-corrected chi connectivity index (χ0v) is 11.7. The molecule has 6 heteroatoms. The molecule has 0 bridgehead atoms. The molecule has 1 atom stereocenters. The van der Waals surface area contributed by atoms with Crippen LogP contribution in [0.2, 0.25) is 0 Å². The summed E-state index contributed by atoms with van der Waals surface area (Å²) in [5, 5.41) is 9.45. The first-order valence-corrected chi connectivity index (χ1v) is 7.09. The van der Waals surface area contributed by atoms with Crippen molar-refractivity contribution in [1.82, 2.24) is 9.80 Å². The maximum Gasteiger partial charge on any atom is 0.409 e. The van der Waals surface area contributed by atoms with E-state index in [2.05, 4.69) is 11.8 Å². The second-order valence-electron chi connectivity index (χ2n) is 4.56. The topological polar surface area (TPSA) is 53.0 Å². The molecule has 0 aliphatic carbocycles. The van der Waals surface area contributed by atoms with E-state index in [-0.39, 0.29) is 12.0 Å². The highest BCUT2D eigenvalue weighted by atomic mass is 35.5. The highest BCUT2D eigenvalue weighted by Crippen LogP contribution is 2.05. The van der Waals surface area contributed by atoms with Gasteiger partial charge in [0.2, 0.25) is 0 Å². The molecule has 5 nitrogen and oxygen atoms in total. The van der Waals surface area contributed by atoms with Crippen LogP contribution in [0.15, 0.2) is 0 Å². The number of halogens is 1. The Morgan fingerprint density at radius 2 is 2.06 bits per heavy atom. The SMILES string of the molecule is CCCCOC(=O)N1CCN(C[C@@H](O)CCl)CC1. The zero-order valence-electron chi connectivity index (χ0n) is 11.0. The van der Waals surface area contributed by atoms with Gasteiger partial charge in [0.15, 0.2) is 0 Å². The first kappa shape index (κ1) is 15.5. The van der Waals surface area contributed by atoms with Crippen LogP contribution >= 0.6 is 11.6 Å². The zero-order chi connectivity index (χ0) is 13.4. The summed E-state index contributed by atoms with van der Waals surface area (Å²) >= 11 is 5.56. The summed E-state index contributed by atoms with van der Waals surface area (Å²) < 4.78 is 5.16. The van der Waals surface area contributed by atoms with Gasteiger partial charge in [-0.15, -0.1) is 11.6 Å². The molecule has 1 N–H and O–H groups in total. The number of aliphatic hydroxyl groups is 1. The van der Waals surface area contributed by atoms with Gasteiger partial charge in [-0.1, -0.05) is 13.3 Å². The van der Waals surface area contributed by atoms with E-state index in [9.17, 15) is 9.90 Å². The third kappa shape index (κ3) is 5.42. The molecule has 1 aliphatic rings. The average Bonchev–Trinajstić information content (AvgIpc) is 2.39. The van der Waals surface area contributed by atoms with Gasteiger partial charge >= 0.3 is 6.09 Å². The number of hydrogen-bond donors (Lipinski definition) is 1. The van der Waals surface area contributed by atoms with Gasteiger partial charge in [0, 0.05) is 38.6 Å². The minimum absolute atomic E-state index is 0.221. The number of β-amino-alcohol motifs (C(OH)–C–C–N with tert-alkyl or cyclic N) is 1. The van der Waals surface area contributed by atoms with E-state index in [1.165, 1.54) is 0 Å². The fraction of sp³-hybridized carbons (Fsp3) is 0.917. The monoisotopic (exact) mass is 278 g/mol. The number of carbonyl (C=O) groups excluding carboxylic acids is 1. The lowest BCUT2D eigenvalue weighted by Crippen LogP contribution is -2.50. The molecular formula is C12H23ClN2O3. The molecule has 0 radical (unpaired) electrons. The van der Waals surface area contributed by atoms with Crippen LogP contribution in [-0.2, 0) is 4.74 Å². The Morgan fingerprint density at radius 3 is 2.61 bits per heavy atom. The molecule has 0 saturated carbocycles. The number of piperazine rings is 1. The van der Waals surface area contributed by atoms with Crippen molar-refractivity contribution in [2.24, 2.45) is 0 Å². The van der Waals surface area contributed by atoms with Crippen molar-refractivity contribution >= 4 is 17.7 Å². The number of ether oxygens (including phenoxy) is 1. The highest BCUT2D eigenvalue weighted by Gasteiger charge is 2.22. The first-order chi connectivity index (χ1) is 8.67. The lowest BCUT2D eigenvalue weighted by Gasteiger charge is -2.34. The van der Waals surface area contributed by atoms with Gasteiger partial charge in [-0.2, -0.15) is 0 Å². The molecule has 1 heterocycles. The number of amides is 1. The fourth-order valence-electron chi connectivity index (χ4n) is 1.85. The van der Waals surface area contributed by atoms with Crippen molar-refractivity contribution in [2.45, 2.75) is 25.9 Å². The van der Waals surface area contributed by atoms with E-state index >= 15 is 0 Å². The van der Waals surface area contributed by atoms with E-state index in [0.717, 1.165) is 25.9 Å². The van der Waals surface area contributed by atoms with E-state index in [1.807, 2.05) is 0 Å². The Bertz CT molecular complexity index is 245. The van der Waals surface area contributed by atoms with E-state index < -0.39 is 6.10 Å². The summed E-state index contributed by atoms with van der Waals surface area (Å²) in [5.74, 6) is 0.249. The normalized spacial score (nSPS) is 18.7. The maximum atomic E-state index is 11.7. The number of aliphatic hydroxyl groups excluding tert-OH is 1. The van der Waals surface area contributed by atoms with E-state index in [4.69, 9.17) is 16.3 Å². The molecule has 1 fully saturated rings. The number of alkyl halides is 1. The Kier molecular flexibility index (Phi) is 7.39. The summed E-state index contributed by atoms with van der Waals surface area (Å²) in [5.41, 5.74) is 0.